The van der Waals surface area contributed by atoms with Crippen LogP contribution in [0.25, 0.3) is 10.8 Å². The molecule has 6 nitrogen and oxygen atoms in total. The van der Waals surface area contributed by atoms with E-state index in [9.17, 15) is 13.2 Å². The third kappa shape index (κ3) is 2.88. The molecule has 1 heterocycles. The first-order valence-corrected chi connectivity index (χ1v) is 10.5. The van der Waals surface area contributed by atoms with Gasteiger partial charge in [-0.2, -0.15) is 0 Å². The number of sulfonamides is 1. The summed E-state index contributed by atoms with van der Waals surface area (Å²) in [7, 11) is -3.80. The summed E-state index contributed by atoms with van der Waals surface area (Å²) in [5.74, 6) is 0.301. The van der Waals surface area contributed by atoms with Crippen LogP contribution in [0.5, 0.6) is 5.75 Å². The highest BCUT2D eigenvalue weighted by atomic mass is 32.2. The van der Waals surface area contributed by atoms with E-state index in [1.165, 1.54) is 4.31 Å². The molecule has 3 aromatic rings. The first-order chi connectivity index (χ1) is 13.4. The highest BCUT2D eigenvalue weighted by Crippen LogP contribution is 2.43. The fourth-order valence-corrected chi connectivity index (χ4v) is 5.36. The van der Waals surface area contributed by atoms with Gasteiger partial charge >= 0.3 is 0 Å². The van der Waals surface area contributed by atoms with Crippen molar-refractivity contribution in [2.45, 2.75) is 24.8 Å². The minimum atomic E-state index is -3.80. The predicted molar refractivity (Wildman–Crippen MR) is 109 cm³/mol. The van der Waals surface area contributed by atoms with E-state index < -0.39 is 22.0 Å². The lowest BCUT2D eigenvalue weighted by Gasteiger charge is -2.25. The lowest BCUT2D eigenvalue weighted by molar-refractivity contribution is -0.116. The van der Waals surface area contributed by atoms with Crippen LogP contribution in [-0.4, -0.2) is 27.0 Å². The monoisotopic (exact) mass is 396 g/mol. The number of hydrogen-bond donors (Lipinski definition) is 1. The molecule has 0 aromatic heterocycles. The van der Waals surface area contributed by atoms with Gasteiger partial charge in [0.1, 0.15) is 11.8 Å². The molecule has 0 saturated carbocycles. The third-order valence-corrected chi connectivity index (χ3v) is 6.71. The molecule has 1 aliphatic rings. The van der Waals surface area contributed by atoms with Crippen molar-refractivity contribution in [3.8, 4) is 5.75 Å². The number of nitrogens with zero attached hydrogens (tertiary/aromatic N) is 1. The summed E-state index contributed by atoms with van der Waals surface area (Å²) < 4.78 is 32.8. The maximum absolute atomic E-state index is 13.1. The van der Waals surface area contributed by atoms with E-state index in [0.717, 1.165) is 5.39 Å². The summed E-state index contributed by atoms with van der Waals surface area (Å²) in [6.07, 6.45) is 0. The molecule has 7 heteroatoms. The summed E-state index contributed by atoms with van der Waals surface area (Å²) >= 11 is 0. The Balaban J connectivity index is 1.64. The molecular formula is C21H20N2O4S. The molecule has 0 fully saturated rings. The van der Waals surface area contributed by atoms with E-state index >= 15 is 0 Å². The van der Waals surface area contributed by atoms with Crippen molar-refractivity contribution in [1.82, 2.24) is 0 Å². The van der Waals surface area contributed by atoms with Crippen LogP contribution in [0.2, 0.25) is 0 Å². The van der Waals surface area contributed by atoms with E-state index in [2.05, 4.69) is 5.32 Å². The molecule has 1 aliphatic heterocycles. The van der Waals surface area contributed by atoms with E-state index in [0.29, 0.717) is 29.1 Å². The quantitative estimate of drug-likeness (QED) is 0.712. The Labute approximate surface area is 163 Å². The van der Waals surface area contributed by atoms with Crippen LogP contribution < -0.4 is 14.4 Å². The molecule has 3 aromatic carbocycles. The Morgan fingerprint density at radius 2 is 1.75 bits per heavy atom. The molecule has 0 radical (unpaired) electrons. The van der Waals surface area contributed by atoms with E-state index in [1.54, 1.807) is 55.5 Å². The Morgan fingerprint density at radius 1 is 1.07 bits per heavy atom. The number of amides is 1. The van der Waals surface area contributed by atoms with E-state index in [4.69, 9.17) is 4.74 Å². The molecule has 1 atom stereocenters. The molecule has 0 spiro atoms. The smallest absolute Gasteiger partial charge is 0.265 e. The minimum absolute atomic E-state index is 0.237. The summed E-state index contributed by atoms with van der Waals surface area (Å²) in [6.45, 7) is 4.04. The number of hydrogen-bond acceptors (Lipinski definition) is 4. The Kier molecular flexibility index (Phi) is 4.47. The number of benzene rings is 3. The number of ether oxygens (including phenoxy) is 1. The molecule has 0 saturated heterocycles. The summed E-state index contributed by atoms with van der Waals surface area (Å²) in [5.41, 5.74) is 1.11. The Hall–Kier alpha value is -3.06. The maximum atomic E-state index is 13.1. The molecule has 0 aliphatic carbocycles. The van der Waals surface area contributed by atoms with Crippen LogP contribution in [0.1, 0.15) is 13.8 Å². The van der Waals surface area contributed by atoms with Crippen LogP contribution in [0.15, 0.2) is 65.6 Å². The largest absolute Gasteiger partial charge is 0.494 e. The van der Waals surface area contributed by atoms with Gasteiger partial charge in [-0.05, 0) is 55.6 Å². The van der Waals surface area contributed by atoms with Crippen molar-refractivity contribution in [3.05, 3.63) is 60.7 Å². The van der Waals surface area contributed by atoms with Crippen LogP contribution in [-0.2, 0) is 14.8 Å². The molecule has 4 rings (SSSR count). The van der Waals surface area contributed by atoms with Gasteiger partial charge in [-0.25, -0.2) is 8.42 Å². The molecule has 144 valence electrons. The van der Waals surface area contributed by atoms with Gasteiger partial charge in [0.05, 0.1) is 17.2 Å². The van der Waals surface area contributed by atoms with Crippen molar-refractivity contribution in [3.63, 3.8) is 0 Å². The van der Waals surface area contributed by atoms with Crippen molar-refractivity contribution < 1.29 is 17.9 Å². The highest BCUT2D eigenvalue weighted by Gasteiger charge is 2.40. The highest BCUT2D eigenvalue weighted by molar-refractivity contribution is 7.93. The van der Waals surface area contributed by atoms with Gasteiger partial charge in [0.25, 0.3) is 10.0 Å². The molecule has 1 N–H and O–H groups in total. The number of nitrogens with one attached hydrogen (secondary N) is 1. The molecule has 0 bridgehead atoms. The van der Waals surface area contributed by atoms with Crippen molar-refractivity contribution in [2.24, 2.45) is 0 Å². The molecular weight excluding hydrogens is 376 g/mol. The first kappa shape index (κ1) is 18.3. The topological polar surface area (TPSA) is 75.7 Å². The standard InChI is InChI=1S/C21H20N2O4S/c1-3-27-17-12-10-16(11-13-17)22-21(24)14(2)23-18-8-4-6-15-7-5-9-19(20(15)18)28(23,25)26/h4-14H,3H2,1-2H3,(H,22,24). The Bertz CT molecular complexity index is 1150. The van der Waals surface area contributed by atoms with Crippen molar-refractivity contribution >= 4 is 38.1 Å². The average Bonchev–Trinajstić information content (AvgIpc) is 2.92. The summed E-state index contributed by atoms with van der Waals surface area (Å²) in [4.78, 5) is 13.1. The summed E-state index contributed by atoms with van der Waals surface area (Å²) in [5, 5.41) is 4.28. The van der Waals surface area contributed by atoms with Gasteiger partial charge in [-0.15, -0.1) is 0 Å². The Morgan fingerprint density at radius 3 is 2.43 bits per heavy atom. The van der Waals surface area contributed by atoms with Crippen LogP contribution in [0, 0.1) is 0 Å². The van der Waals surface area contributed by atoms with Gasteiger partial charge in [0.15, 0.2) is 0 Å². The van der Waals surface area contributed by atoms with Gasteiger partial charge in [0, 0.05) is 11.1 Å². The predicted octanol–water partition coefficient (Wildman–Crippen LogP) is 3.77. The number of anilines is 2. The SMILES string of the molecule is CCOc1ccc(NC(=O)C(C)N2c3cccc4cccc(c34)S2(=O)=O)cc1. The zero-order valence-electron chi connectivity index (χ0n) is 15.5. The number of carbonyl (C=O) groups is 1. The maximum Gasteiger partial charge on any atom is 0.265 e. The zero-order chi connectivity index (χ0) is 19.9. The first-order valence-electron chi connectivity index (χ1n) is 9.03. The normalized spacial score (nSPS) is 15.4. The van der Waals surface area contributed by atoms with Crippen LogP contribution in [0.4, 0.5) is 11.4 Å². The molecule has 1 unspecified atom stereocenters. The fourth-order valence-electron chi connectivity index (χ4n) is 3.49. The second-order valence-electron chi connectivity index (χ2n) is 6.55. The molecule has 1 amide bonds. The van der Waals surface area contributed by atoms with Gasteiger partial charge in [-0.3, -0.25) is 9.10 Å². The second-order valence-corrected chi connectivity index (χ2v) is 8.34. The van der Waals surface area contributed by atoms with Crippen molar-refractivity contribution in [2.75, 3.05) is 16.2 Å². The average molecular weight is 396 g/mol. The second kappa shape index (κ2) is 6.83. The van der Waals surface area contributed by atoms with Gasteiger partial charge in [-0.1, -0.05) is 24.3 Å². The van der Waals surface area contributed by atoms with Gasteiger partial charge < -0.3 is 10.1 Å². The lowest BCUT2D eigenvalue weighted by atomic mass is 10.1. The van der Waals surface area contributed by atoms with Crippen LogP contribution >= 0.6 is 0 Å². The third-order valence-electron chi connectivity index (χ3n) is 4.78. The minimum Gasteiger partial charge on any atom is -0.494 e. The summed E-state index contributed by atoms with van der Waals surface area (Å²) in [6, 6.07) is 16.6. The zero-order valence-corrected chi connectivity index (χ0v) is 16.4. The van der Waals surface area contributed by atoms with Gasteiger partial charge in [0.2, 0.25) is 5.91 Å². The fraction of sp³-hybridized carbons (Fsp3) is 0.190. The molecule has 28 heavy (non-hydrogen) atoms. The van der Waals surface area contributed by atoms with Crippen LogP contribution in [0.3, 0.4) is 0 Å². The van der Waals surface area contributed by atoms with E-state index in [1.807, 2.05) is 19.1 Å². The van der Waals surface area contributed by atoms with E-state index in [-0.39, 0.29) is 4.90 Å². The number of carbonyl (C=O) groups excluding carboxylic acids is 1. The van der Waals surface area contributed by atoms with Crippen molar-refractivity contribution in [1.29, 1.82) is 0 Å². The number of rotatable bonds is 5. The lowest BCUT2D eigenvalue weighted by Crippen LogP contribution is -2.43.